The van der Waals surface area contributed by atoms with Gasteiger partial charge in [0.25, 0.3) is 0 Å². The van der Waals surface area contributed by atoms with E-state index in [0.717, 1.165) is 17.2 Å². The van der Waals surface area contributed by atoms with Crippen molar-refractivity contribution in [2.75, 3.05) is 0 Å². The van der Waals surface area contributed by atoms with Crippen LogP contribution in [0.15, 0.2) is 47.6 Å². The third-order valence-corrected chi connectivity index (χ3v) is 4.72. The number of nitrogens with one attached hydrogen (secondary N) is 2. The van der Waals surface area contributed by atoms with Gasteiger partial charge in [-0.3, -0.25) is 10.3 Å². The van der Waals surface area contributed by atoms with Gasteiger partial charge in [0.15, 0.2) is 0 Å². The van der Waals surface area contributed by atoms with Gasteiger partial charge >= 0.3 is 6.18 Å². The average molecular weight is 416 g/mol. The van der Waals surface area contributed by atoms with Gasteiger partial charge in [-0.1, -0.05) is 35.3 Å². The summed E-state index contributed by atoms with van der Waals surface area (Å²) in [4.78, 5) is 5.05. The van der Waals surface area contributed by atoms with Gasteiger partial charge < -0.3 is 0 Å². The van der Waals surface area contributed by atoms with E-state index in [0.29, 0.717) is 5.56 Å². The molecule has 0 fully saturated rings. The van der Waals surface area contributed by atoms with E-state index < -0.39 is 11.8 Å². The van der Waals surface area contributed by atoms with Crippen LogP contribution in [0.3, 0.4) is 0 Å². The van der Waals surface area contributed by atoms with E-state index in [1.807, 2.05) is 0 Å². The first-order valence-corrected chi connectivity index (χ1v) is 8.55. The second-order valence-electron chi connectivity index (χ2n) is 6.11. The van der Waals surface area contributed by atoms with Crippen LogP contribution in [0.4, 0.5) is 13.2 Å². The van der Waals surface area contributed by atoms with Gasteiger partial charge in [-0.05, 0) is 54.0 Å². The fraction of sp³-hybridized carbons (Fsp3) is 0.222. The van der Waals surface area contributed by atoms with Gasteiger partial charge in [-0.2, -0.15) is 18.3 Å². The third-order valence-electron chi connectivity index (χ3n) is 4.29. The van der Waals surface area contributed by atoms with E-state index >= 15 is 0 Å². The first-order valence-electron chi connectivity index (χ1n) is 7.79. The molecule has 142 valence electrons. The molecule has 0 aliphatic carbocycles. The third kappa shape index (κ3) is 3.67. The molecular weight excluding hydrogens is 402 g/mol. The van der Waals surface area contributed by atoms with Crippen LogP contribution in [-0.2, 0) is 17.0 Å². The molecule has 1 aliphatic heterocycles. The summed E-state index contributed by atoms with van der Waals surface area (Å²) < 4.78 is 41.9. The molecule has 1 atom stereocenters. The zero-order valence-corrected chi connectivity index (χ0v) is 15.5. The van der Waals surface area contributed by atoms with Crippen molar-refractivity contribution in [2.45, 2.75) is 25.2 Å². The highest BCUT2D eigenvalue weighted by atomic mass is 35.5. The lowest BCUT2D eigenvalue weighted by molar-refractivity contribution is -0.269. The highest BCUT2D eigenvalue weighted by Crippen LogP contribution is 2.48. The quantitative estimate of drug-likeness (QED) is 0.586. The number of hydrogen-bond acceptors (Lipinski definition) is 4. The SMILES string of the molecule is Cc1cc(C2=CC(c3cc(Cl)cc(Cl)c3)(C(F)(F)F)ON2)ccc1CN=N. The maximum atomic E-state index is 14.0. The summed E-state index contributed by atoms with van der Waals surface area (Å²) >= 11 is 11.8. The lowest BCUT2D eigenvalue weighted by Crippen LogP contribution is -2.42. The number of aryl methyl sites for hydroxylation is 1. The molecule has 2 N–H and O–H groups in total. The first kappa shape index (κ1) is 19.7. The normalized spacial score (nSPS) is 19.6. The lowest BCUT2D eigenvalue weighted by atomic mass is 9.91. The van der Waals surface area contributed by atoms with Crippen LogP contribution in [0, 0.1) is 12.5 Å². The smallest absolute Gasteiger partial charge is 0.265 e. The summed E-state index contributed by atoms with van der Waals surface area (Å²) in [5.74, 6) is 0. The number of hydroxylamine groups is 1. The van der Waals surface area contributed by atoms with Gasteiger partial charge in [0.2, 0.25) is 5.60 Å². The summed E-state index contributed by atoms with van der Waals surface area (Å²) in [5, 5.41) is 3.48. The number of alkyl halides is 3. The molecule has 2 aromatic rings. The largest absolute Gasteiger partial charge is 0.428 e. The highest BCUT2D eigenvalue weighted by molar-refractivity contribution is 6.34. The first-order chi connectivity index (χ1) is 12.7. The molecule has 1 aliphatic rings. The number of hydrogen-bond donors (Lipinski definition) is 2. The summed E-state index contributed by atoms with van der Waals surface area (Å²) in [6.07, 6.45) is -3.78. The topological polar surface area (TPSA) is 57.5 Å². The van der Waals surface area contributed by atoms with Gasteiger partial charge in [-0.25, -0.2) is 5.53 Å². The minimum absolute atomic E-state index is 0.0749. The predicted octanol–water partition coefficient (Wildman–Crippen LogP) is 6.17. The highest BCUT2D eigenvalue weighted by Gasteiger charge is 2.59. The maximum Gasteiger partial charge on any atom is 0.428 e. The number of nitrogens with zero attached hydrogens (tertiary/aromatic N) is 1. The molecule has 1 heterocycles. The molecule has 2 aromatic carbocycles. The summed E-state index contributed by atoms with van der Waals surface area (Å²) in [5.41, 5.74) is 8.68. The summed E-state index contributed by atoms with van der Waals surface area (Å²) in [7, 11) is 0. The molecule has 0 radical (unpaired) electrons. The van der Waals surface area contributed by atoms with Gasteiger partial charge in [-0.15, -0.1) is 0 Å². The molecule has 3 rings (SSSR count). The average Bonchev–Trinajstić information content (AvgIpc) is 3.02. The monoisotopic (exact) mass is 415 g/mol. The molecule has 0 saturated heterocycles. The second-order valence-corrected chi connectivity index (χ2v) is 6.98. The van der Waals surface area contributed by atoms with E-state index in [9.17, 15) is 13.2 Å². The Balaban J connectivity index is 2.09. The number of halogens is 5. The van der Waals surface area contributed by atoms with E-state index in [-0.39, 0.29) is 27.9 Å². The molecule has 0 spiro atoms. The zero-order valence-electron chi connectivity index (χ0n) is 14.0. The predicted molar refractivity (Wildman–Crippen MR) is 96.4 cm³/mol. The molecule has 27 heavy (non-hydrogen) atoms. The zero-order chi connectivity index (χ0) is 19.8. The molecule has 0 saturated carbocycles. The fourth-order valence-electron chi connectivity index (χ4n) is 2.88. The van der Waals surface area contributed by atoms with Crippen LogP contribution < -0.4 is 5.48 Å². The number of rotatable bonds is 4. The molecule has 0 aromatic heterocycles. The Morgan fingerprint density at radius 1 is 1.15 bits per heavy atom. The summed E-state index contributed by atoms with van der Waals surface area (Å²) in [6.45, 7) is 2.01. The van der Waals surface area contributed by atoms with E-state index in [1.165, 1.54) is 18.2 Å². The van der Waals surface area contributed by atoms with Crippen molar-refractivity contribution in [2.24, 2.45) is 5.11 Å². The fourth-order valence-corrected chi connectivity index (χ4v) is 3.41. The molecule has 0 bridgehead atoms. The van der Waals surface area contributed by atoms with Crippen LogP contribution in [0.1, 0.15) is 22.3 Å². The Bertz CT molecular complexity index is 910. The Morgan fingerprint density at radius 2 is 1.81 bits per heavy atom. The maximum absolute atomic E-state index is 14.0. The molecule has 9 heteroatoms. The van der Waals surface area contributed by atoms with Crippen molar-refractivity contribution in [1.82, 2.24) is 5.48 Å². The minimum Gasteiger partial charge on any atom is -0.265 e. The van der Waals surface area contributed by atoms with Crippen molar-refractivity contribution in [3.8, 4) is 0 Å². The van der Waals surface area contributed by atoms with E-state index in [1.54, 1.807) is 25.1 Å². The van der Waals surface area contributed by atoms with Crippen LogP contribution >= 0.6 is 23.2 Å². The van der Waals surface area contributed by atoms with E-state index in [2.05, 4.69) is 10.6 Å². The molecule has 0 amide bonds. The summed E-state index contributed by atoms with van der Waals surface area (Å²) in [6, 6.07) is 8.77. The molecule has 1 unspecified atom stereocenters. The Labute approximate surface area is 163 Å². The van der Waals surface area contributed by atoms with Crippen molar-refractivity contribution in [3.05, 3.63) is 74.8 Å². The van der Waals surface area contributed by atoms with Crippen LogP contribution in [0.25, 0.3) is 5.70 Å². The molecule has 4 nitrogen and oxygen atoms in total. The van der Waals surface area contributed by atoms with Gasteiger partial charge in [0, 0.05) is 15.6 Å². The van der Waals surface area contributed by atoms with Gasteiger partial charge in [0.1, 0.15) is 0 Å². The van der Waals surface area contributed by atoms with Crippen molar-refractivity contribution < 1.29 is 18.0 Å². The lowest BCUT2D eigenvalue weighted by Gasteiger charge is -2.28. The number of benzene rings is 2. The van der Waals surface area contributed by atoms with Gasteiger partial charge in [0.05, 0.1) is 12.2 Å². The Kier molecular flexibility index (Phi) is 5.20. The van der Waals surface area contributed by atoms with Crippen LogP contribution in [0.2, 0.25) is 10.0 Å². The van der Waals surface area contributed by atoms with Crippen molar-refractivity contribution in [3.63, 3.8) is 0 Å². The van der Waals surface area contributed by atoms with Crippen molar-refractivity contribution in [1.29, 1.82) is 5.53 Å². The standard InChI is InChI=1S/C18H14Cl2F3N3O/c1-10-4-11(2-3-12(10)9-25-24)16-8-17(27-26-16,18(21,22)23)13-5-14(19)7-15(20)6-13/h2-8,24,26H,9H2,1H3. The Morgan fingerprint density at radius 3 is 2.37 bits per heavy atom. The molecular formula is C18H14Cl2F3N3O. The Hall–Kier alpha value is -2.09. The van der Waals surface area contributed by atoms with Crippen LogP contribution in [0.5, 0.6) is 0 Å². The second kappa shape index (κ2) is 7.14. The van der Waals surface area contributed by atoms with Crippen molar-refractivity contribution >= 4 is 28.9 Å². The van der Waals surface area contributed by atoms with E-state index in [4.69, 9.17) is 33.6 Å². The van der Waals surface area contributed by atoms with Crippen LogP contribution in [-0.4, -0.2) is 6.18 Å². The minimum atomic E-state index is -4.76.